The van der Waals surface area contributed by atoms with Gasteiger partial charge in [0.2, 0.25) is 0 Å². The highest BCUT2D eigenvalue weighted by Gasteiger charge is 2.16. The van der Waals surface area contributed by atoms with Crippen molar-refractivity contribution in [2.45, 2.75) is 26.3 Å². The average Bonchev–Trinajstić information content (AvgIpc) is 2.25. The third-order valence-corrected chi connectivity index (χ3v) is 3.22. The number of hydrogen-bond acceptors (Lipinski definition) is 2. The molecule has 1 aromatic rings. The summed E-state index contributed by atoms with van der Waals surface area (Å²) in [6, 6.07) is 5.92. The van der Waals surface area contributed by atoms with E-state index < -0.39 is 0 Å². The number of benzene rings is 1. The van der Waals surface area contributed by atoms with Crippen LogP contribution in [0, 0.1) is 12.8 Å². The Bertz CT molecular complexity index is 341. The molecule has 2 N–H and O–H groups in total. The normalized spacial score (nSPS) is 14.8. The van der Waals surface area contributed by atoms with Gasteiger partial charge in [0.15, 0.2) is 0 Å². The number of hydrogen-bond donors (Lipinski definition) is 1. The van der Waals surface area contributed by atoms with Gasteiger partial charge in [0, 0.05) is 24.8 Å². The summed E-state index contributed by atoms with van der Waals surface area (Å²) in [7, 11) is 1.71. The summed E-state index contributed by atoms with van der Waals surface area (Å²) in [6.45, 7) is 4.95. The van der Waals surface area contributed by atoms with Crippen molar-refractivity contribution in [2.24, 2.45) is 11.7 Å². The molecule has 0 amide bonds. The predicted molar refractivity (Wildman–Crippen MR) is 68.8 cm³/mol. The Hall–Kier alpha value is -0.570. The zero-order valence-corrected chi connectivity index (χ0v) is 10.9. The van der Waals surface area contributed by atoms with Gasteiger partial charge in [0.1, 0.15) is 0 Å². The van der Waals surface area contributed by atoms with E-state index in [-0.39, 0.29) is 6.04 Å². The van der Waals surface area contributed by atoms with Crippen molar-refractivity contribution in [3.8, 4) is 0 Å². The van der Waals surface area contributed by atoms with Crippen molar-refractivity contribution in [2.75, 3.05) is 13.7 Å². The predicted octanol–water partition coefficient (Wildman–Crippen LogP) is 3.32. The Morgan fingerprint density at radius 1 is 1.44 bits per heavy atom. The first-order valence-corrected chi connectivity index (χ1v) is 5.94. The first-order chi connectivity index (χ1) is 7.56. The van der Waals surface area contributed by atoms with Crippen LogP contribution in [0.4, 0.5) is 0 Å². The van der Waals surface area contributed by atoms with E-state index in [1.165, 1.54) is 5.56 Å². The van der Waals surface area contributed by atoms with Gasteiger partial charge in [-0.3, -0.25) is 0 Å². The largest absolute Gasteiger partial charge is 0.385 e. The zero-order chi connectivity index (χ0) is 12.1. The van der Waals surface area contributed by atoms with Crippen LogP contribution in [0.1, 0.15) is 30.5 Å². The van der Waals surface area contributed by atoms with E-state index in [2.05, 4.69) is 6.92 Å². The summed E-state index contributed by atoms with van der Waals surface area (Å²) < 4.78 is 5.07. The molecular weight excluding hydrogens is 222 g/mol. The van der Waals surface area contributed by atoms with Crippen LogP contribution in [0.15, 0.2) is 18.2 Å². The van der Waals surface area contributed by atoms with E-state index in [0.717, 1.165) is 23.6 Å². The van der Waals surface area contributed by atoms with Gasteiger partial charge < -0.3 is 10.5 Å². The van der Waals surface area contributed by atoms with Gasteiger partial charge in [-0.1, -0.05) is 24.6 Å². The standard InChI is InChI=1S/C13H20ClNO/c1-9(6-7-16-3)13(15)12-5-4-11(14)8-10(12)2/h4-5,8-9,13H,6-7,15H2,1-3H3. The van der Waals surface area contributed by atoms with Crippen LogP contribution in [0.2, 0.25) is 5.02 Å². The molecule has 0 aliphatic rings. The second-order valence-corrected chi connectivity index (χ2v) is 4.72. The lowest BCUT2D eigenvalue weighted by Gasteiger charge is -2.21. The molecule has 90 valence electrons. The van der Waals surface area contributed by atoms with Crippen LogP contribution in [0.5, 0.6) is 0 Å². The Morgan fingerprint density at radius 3 is 2.69 bits per heavy atom. The van der Waals surface area contributed by atoms with Crippen molar-refractivity contribution in [3.63, 3.8) is 0 Å². The quantitative estimate of drug-likeness (QED) is 0.858. The van der Waals surface area contributed by atoms with E-state index in [9.17, 15) is 0 Å². The summed E-state index contributed by atoms with van der Waals surface area (Å²) in [6.07, 6.45) is 0.972. The molecule has 3 heteroatoms. The van der Waals surface area contributed by atoms with Crippen LogP contribution in [0.25, 0.3) is 0 Å². The fraction of sp³-hybridized carbons (Fsp3) is 0.538. The minimum absolute atomic E-state index is 0.0485. The maximum absolute atomic E-state index is 6.23. The molecule has 0 radical (unpaired) electrons. The minimum Gasteiger partial charge on any atom is -0.385 e. The molecule has 0 saturated heterocycles. The Balaban J connectivity index is 2.75. The van der Waals surface area contributed by atoms with Gasteiger partial charge in [-0.05, 0) is 42.5 Å². The van der Waals surface area contributed by atoms with Gasteiger partial charge in [-0.25, -0.2) is 0 Å². The monoisotopic (exact) mass is 241 g/mol. The average molecular weight is 242 g/mol. The topological polar surface area (TPSA) is 35.2 Å². The molecule has 0 saturated carbocycles. The third kappa shape index (κ3) is 3.48. The fourth-order valence-corrected chi connectivity index (χ4v) is 2.03. The zero-order valence-electron chi connectivity index (χ0n) is 10.2. The lowest BCUT2D eigenvalue weighted by molar-refractivity contribution is 0.174. The number of ether oxygens (including phenoxy) is 1. The van der Waals surface area contributed by atoms with Crippen molar-refractivity contribution >= 4 is 11.6 Å². The highest BCUT2D eigenvalue weighted by atomic mass is 35.5. The Labute approximate surface area is 103 Å². The molecule has 16 heavy (non-hydrogen) atoms. The van der Waals surface area contributed by atoms with Crippen molar-refractivity contribution < 1.29 is 4.74 Å². The molecule has 0 heterocycles. The van der Waals surface area contributed by atoms with E-state index in [1.54, 1.807) is 7.11 Å². The van der Waals surface area contributed by atoms with Gasteiger partial charge in [-0.2, -0.15) is 0 Å². The number of methoxy groups -OCH3 is 1. The van der Waals surface area contributed by atoms with E-state index >= 15 is 0 Å². The first-order valence-electron chi connectivity index (χ1n) is 5.56. The number of nitrogens with two attached hydrogens (primary N) is 1. The smallest absolute Gasteiger partial charge is 0.0465 e. The lowest BCUT2D eigenvalue weighted by atomic mass is 9.90. The van der Waals surface area contributed by atoms with Crippen LogP contribution < -0.4 is 5.73 Å². The molecule has 2 unspecified atom stereocenters. The van der Waals surface area contributed by atoms with Crippen LogP contribution in [-0.4, -0.2) is 13.7 Å². The Morgan fingerprint density at radius 2 is 2.12 bits per heavy atom. The van der Waals surface area contributed by atoms with Gasteiger partial charge in [0.25, 0.3) is 0 Å². The molecule has 1 rings (SSSR count). The maximum Gasteiger partial charge on any atom is 0.0465 e. The first kappa shape index (κ1) is 13.5. The molecule has 0 bridgehead atoms. The number of rotatable bonds is 5. The fourth-order valence-electron chi connectivity index (χ4n) is 1.80. The van der Waals surface area contributed by atoms with Crippen molar-refractivity contribution in [1.82, 2.24) is 0 Å². The van der Waals surface area contributed by atoms with Crippen LogP contribution in [0.3, 0.4) is 0 Å². The molecule has 1 aromatic carbocycles. The van der Waals surface area contributed by atoms with Crippen LogP contribution in [-0.2, 0) is 4.74 Å². The van der Waals surface area contributed by atoms with E-state index in [1.807, 2.05) is 25.1 Å². The highest BCUT2D eigenvalue weighted by molar-refractivity contribution is 6.30. The summed E-state index contributed by atoms with van der Waals surface area (Å²) >= 11 is 5.92. The van der Waals surface area contributed by atoms with Crippen LogP contribution >= 0.6 is 11.6 Å². The van der Waals surface area contributed by atoms with Crippen molar-refractivity contribution in [1.29, 1.82) is 0 Å². The second kappa shape index (κ2) is 6.24. The molecule has 0 aliphatic heterocycles. The van der Waals surface area contributed by atoms with Gasteiger partial charge >= 0.3 is 0 Å². The molecule has 0 fully saturated rings. The van der Waals surface area contributed by atoms with Gasteiger partial charge in [0.05, 0.1) is 0 Å². The molecule has 2 atom stereocenters. The molecule has 2 nitrogen and oxygen atoms in total. The summed E-state index contributed by atoms with van der Waals surface area (Å²) in [5.41, 5.74) is 8.56. The minimum atomic E-state index is 0.0485. The van der Waals surface area contributed by atoms with Gasteiger partial charge in [-0.15, -0.1) is 0 Å². The van der Waals surface area contributed by atoms with Crippen molar-refractivity contribution in [3.05, 3.63) is 34.3 Å². The molecule has 0 aliphatic carbocycles. The second-order valence-electron chi connectivity index (χ2n) is 4.29. The summed E-state index contributed by atoms with van der Waals surface area (Å²) in [5, 5.41) is 0.762. The summed E-state index contributed by atoms with van der Waals surface area (Å²) in [5.74, 6) is 0.403. The molecular formula is C13H20ClNO. The molecule has 0 aromatic heterocycles. The Kier molecular flexibility index (Phi) is 5.26. The lowest BCUT2D eigenvalue weighted by Crippen LogP contribution is -2.21. The maximum atomic E-state index is 6.23. The SMILES string of the molecule is COCCC(C)C(N)c1ccc(Cl)cc1C. The number of aryl methyl sites for hydroxylation is 1. The van der Waals surface area contributed by atoms with E-state index in [0.29, 0.717) is 5.92 Å². The molecule has 0 spiro atoms. The highest BCUT2D eigenvalue weighted by Crippen LogP contribution is 2.26. The third-order valence-electron chi connectivity index (χ3n) is 2.98. The van der Waals surface area contributed by atoms with E-state index in [4.69, 9.17) is 22.1 Å². The summed E-state index contributed by atoms with van der Waals surface area (Å²) in [4.78, 5) is 0. The number of halogens is 1.